The number of ether oxygens (including phenoxy) is 3. The standard InChI is InChI=1S/C18H26N2O6S/c1-24-16-8-7-14(11-17(16)25-2)27(22,23)20-9-3-6-15(20)18(21)19-12-13-5-4-10-26-13/h7-8,11,13,15H,3-6,9-10,12H2,1-2H3,(H,19,21). The third kappa shape index (κ3) is 4.20. The van der Waals surface area contributed by atoms with Crippen molar-refractivity contribution in [1.82, 2.24) is 9.62 Å². The van der Waals surface area contributed by atoms with E-state index in [0.29, 0.717) is 44.0 Å². The maximum absolute atomic E-state index is 13.1. The lowest BCUT2D eigenvalue weighted by Gasteiger charge is -2.24. The first-order chi connectivity index (χ1) is 13.0. The lowest BCUT2D eigenvalue weighted by molar-refractivity contribution is -0.124. The Morgan fingerprint density at radius 1 is 1.22 bits per heavy atom. The molecular weight excluding hydrogens is 372 g/mol. The number of carbonyl (C=O) groups is 1. The van der Waals surface area contributed by atoms with Gasteiger partial charge >= 0.3 is 0 Å². The number of hydrogen-bond donors (Lipinski definition) is 1. The summed E-state index contributed by atoms with van der Waals surface area (Å²) < 4.78 is 43.3. The van der Waals surface area contributed by atoms with Gasteiger partial charge in [0.15, 0.2) is 11.5 Å². The van der Waals surface area contributed by atoms with Gasteiger partial charge < -0.3 is 19.5 Å². The second-order valence-electron chi connectivity index (χ2n) is 6.67. The summed E-state index contributed by atoms with van der Waals surface area (Å²) >= 11 is 0. The van der Waals surface area contributed by atoms with Crippen LogP contribution in [0.4, 0.5) is 0 Å². The lowest BCUT2D eigenvalue weighted by Crippen LogP contribution is -2.47. The number of sulfonamides is 1. The van der Waals surface area contributed by atoms with Gasteiger partial charge in [0, 0.05) is 25.8 Å². The molecule has 150 valence electrons. The number of nitrogens with one attached hydrogen (secondary N) is 1. The van der Waals surface area contributed by atoms with E-state index in [0.717, 1.165) is 12.8 Å². The van der Waals surface area contributed by atoms with Gasteiger partial charge in [-0.2, -0.15) is 4.31 Å². The van der Waals surface area contributed by atoms with Gasteiger partial charge in [-0.15, -0.1) is 0 Å². The first-order valence-corrected chi connectivity index (χ1v) is 10.5. The summed E-state index contributed by atoms with van der Waals surface area (Å²) in [7, 11) is -0.885. The number of nitrogens with zero attached hydrogens (tertiary/aromatic N) is 1. The molecule has 1 aromatic rings. The fourth-order valence-corrected chi connectivity index (χ4v) is 5.21. The molecule has 0 aliphatic carbocycles. The second-order valence-corrected chi connectivity index (χ2v) is 8.56. The maximum Gasteiger partial charge on any atom is 0.243 e. The smallest absolute Gasteiger partial charge is 0.243 e. The molecule has 0 radical (unpaired) electrons. The van der Waals surface area contributed by atoms with Crippen molar-refractivity contribution in [1.29, 1.82) is 0 Å². The van der Waals surface area contributed by atoms with Gasteiger partial charge in [-0.1, -0.05) is 0 Å². The third-order valence-corrected chi connectivity index (χ3v) is 6.90. The van der Waals surface area contributed by atoms with Gasteiger partial charge in [-0.05, 0) is 37.8 Å². The van der Waals surface area contributed by atoms with Crippen molar-refractivity contribution in [3.63, 3.8) is 0 Å². The molecule has 0 spiro atoms. The quantitative estimate of drug-likeness (QED) is 0.741. The van der Waals surface area contributed by atoms with E-state index in [1.54, 1.807) is 6.07 Å². The Morgan fingerprint density at radius 2 is 2.00 bits per heavy atom. The first-order valence-electron chi connectivity index (χ1n) is 9.10. The average Bonchev–Trinajstić information content (AvgIpc) is 3.37. The number of benzene rings is 1. The predicted molar refractivity (Wildman–Crippen MR) is 98.4 cm³/mol. The molecular formula is C18H26N2O6S. The van der Waals surface area contributed by atoms with Crippen LogP contribution in [0.3, 0.4) is 0 Å². The highest BCUT2D eigenvalue weighted by atomic mass is 32.2. The molecule has 2 aliphatic heterocycles. The molecule has 2 heterocycles. The van der Waals surface area contributed by atoms with Gasteiger partial charge in [0.1, 0.15) is 6.04 Å². The Hall–Kier alpha value is -1.84. The second kappa shape index (κ2) is 8.45. The van der Waals surface area contributed by atoms with Crippen LogP contribution in [0.1, 0.15) is 25.7 Å². The van der Waals surface area contributed by atoms with Crippen LogP contribution in [0.25, 0.3) is 0 Å². The van der Waals surface area contributed by atoms with Gasteiger partial charge in [-0.25, -0.2) is 8.42 Å². The van der Waals surface area contributed by atoms with Crippen molar-refractivity contribution in [2.24, 2.45) is 0 Å². The summed E-state index contributed by atoms with van der Waals surface area (Å²) in [6, 6.07) is 3.74. The molecule has 0 bridgehead atoms. The minimum atomic E-state index is -3.82. The van der Waals surface area contributed by atoms with Gasteiger partial charge in [0.05, 0.1) is 25.2 Å². The first kappa shape index (κ1) is 19.9. The lowest BCUT2D eigenvalue weighted by atomic mass is 10.2. The molecule has 3 rings (SSSR count). The van der Waals surface area contributed by atoms with E-state index in [-0.39, 0.29) is 16.9 Å². The van der Waals surface area contributed by atoms with E-state index in [4.69, 9.17) is 14.2 Å². The minimum Gasteiger partial charge on any atom is -0.493 e. The molecule has 9 heteroatoms. The summed E-state index contributed by atoms with van der Waals surface area (Å²) in [6.07, 6.45) is 3.07. The van der Waals surface area contributed by atoms with Crippen molar-refractivity contribution >= 4 is 15.9 Å². The molecule has 1 amide bonds. The van der Waals surface area contributed by atoms with Crippen molar-refractivity contribution in [2.45, 2.75) is 42.7 Å². The number of rotatable bonds is 7. The highest BCUT2D eigenvalue weighted by molar-refractivity contribution is 7.89. The van der Waals surface area contributed by atoms with Crippen LogP contribution in [0, 0.1) is 0 Å². The van der Waals surface area contributed by atoms with E-state index in [9.17, 15) is 13.2 Å². The largest absolute Gasteiger partial charge is 0.493 e. The summed E-state index contributed by atoms with van der Waals surface area (Å²) in [6.45, 7) is 1.44. The van der Waals surface area contributed by atoms with E-state index in [1.165, 1.54) is 30.7 Å². The van der Waals surface area contributed by atoms with Crippen LogP contribution in [0.15, 0.2) is 23.1 Å². The molecule has 8 nitrogen and oxygen atoms in total. The van der Waals surface area contributed by atoms with Crippen LogP contribution < -0.4 is 14.8 Å². The topological polar surface area (TPSA) is 94.2 Å². The van der Waals surface area contributed by atoms with Gasteiger partial charge in [0.2, 0.25) is 15.9 Å². The van der Waals surface area contributed by atoms with E-state index >= 15 is 0 Å². The zero-order chi connectivity index (χ0) is 19.4. The Kier molecular flexibility index (Phi) is 6.23. The average molecular weight is 398 g/mol. The van der Waals surface area contributed by atoms with E-state index in [2.05, 4.69) is 5.32 Å². The van der Waals surface area contributed by atoms with E-state index < -0.39 is 16.1 Å². The molecule has 0 saturated carbocycles. The van der Waals surface area contributed by atoms with Crippen LogP contribution >= 0.6 is 0 Å². The fraction of sp³-hybridized carbons (Fsp3) is 0.611. The molecule has 2 saturated heterocycles. The normalized spacial score (nSPS) is 23.3. The molecule has 2 atom stereocenters. The van der Waals surface area contributed by atoms with Crippen LogP contribution in [0.5, 0.6) is 11.5 Å². The molecule has 2 aliphatic rings. The maximum atomic E-state index is 13.1. The van der Waals surface area contributed by atoms with Crippen molar-refractivity contribution < 1.29 is 27.4 Å². The van der Waals surface area contributed by atoms with Crippen molar-refractivity contribution in [3.8, 4) is 11.5 Å². The monoisotopic (exact) mass is 398 g/mol. The van der Waals surface area contributed by atoms with Crippen molar-refractivity contribution in [2.75, 3.05) is 33.9 Å². The number of hydrogen-bond acceptors (Lipinski definition) is 6. The zero-order valence-corrected chi connectivity index (χ0v) is 16.5. The van der Waals surface area contributed by atoms with E-state index in [1.807, 2.05) is 0 Å². The molecule has 2 unspecified atom stereocenters. The number of methoxy groups -OCH3 is 2. The van der Waals surface area contributed by atoms with Crippen molar-refractivity contribution in [3.05, 3.63) is 18.2 Å². The molecule has 27 heavy (non-hydrogen) atoms. The highest BCUT2D eigenvalue weighted by Gasteiger charge is 2.39. The zero-order valence-electron chi connectivity index (χ0n) is 15.6. The molecule has 0 aromatic heterocycles. The summed E-state index contributed by atoms with van der Waals surface area (Å²) in [5, 5.41) is 2.85. The number of amides is 1. The highest BCUT2D eigenvalue weighted by Crippen LogP contribution is 2.33. The SMILES string of the molecule is COc1ccc(S(=O)(=O)N2CCCC2C(=O)NCC2CCCO2)cc1OC. The van der Waals surface area contributed by atoms with Crippen LogP contribution in [0.2, 0.25) is 0 Å². The molecule has 2 fully saturated rings. The number of carbonyl (C=O) groups excluding carboxylic acids is 1. The predicted octanol–water partition coefficient (Wildman–Crippen LogP) is 1.15. The Balaban J connectivity index is 1.75. The summed E-state index contributed by atoms with van der Waals surface area (Å²) in [5.41, 5.74) is 0. The Labute approximate surface area is 159 Å². The summed E-state index contributed by atoms with van der Waals surface area (Å²) in [4.78, 5) is 12.7. The van der Waals surface area contributed by atoms with Gasteiger partial charge in [0.25, 0.3) is 0 Å². The fourth-order valence-electron chi connectivity index (χ4n) is 3.54. The minimum absolute atomic E-state index is 0.0197. The Morgan fingerprint density at radius 3 is 2.67 bits per heavy atom. The molecule has 1 N–H and O–H groups in total. The van der Waals surface area contributed by atoms with Crippen LogP contribution in [-0.2, 0) is 19.6 Å². The van der Waals surface area contributed by atoms with Gasteiger partial charge in [-0.3, -0.25) is 4.79 Å². The third-order valence-electron chi connectivity index (χ3n) is 5.00. The van der Waals surface area contributed by atoms with Crippen LogP contribution in [-0.4, -0.2) is 64.7 Å². The Bertz CT molecular complexity index is 776. The summed E-state index contributed by atoms with van der Waals surface area (Å²) in [5.74, 6) is 0.507. The molecule has 1 aromatic carbocycles.